The number of allylic oxidation sites excluding steroid dienone is 1. The minimum atomic E-state index is 0.216. The third-order valence-electron chi connectivity index (χ3n) is 2.48. The van der Waals surface area contributed by atoms with Crippen LogP contribution in [0, 0.1) is 0 Å². The van der Waals surface area contributed by atoms with E-state index in [0.717, 1.165) is 12.2 Å². The van der Waals surface area contributed by atoms with Gasteiger partial charge in [-0.15, -0.1) is 6.58 Å². The van der Waals surface area contributed by atoms with Crippen molar-refractivity contribution < 1.29 is 4.74 Å². The molecule has 0 aliphatic rings. The smallest absolute Gasteiger partial charge is 0.123 e. The lowest BCUT2D eigenvalue weighted by Crippen LogP contribution is -2.07. The molecule has 0 amide bonds. The molecule has 0 saturated heterocycles. The van der Waals surface area contributed by atoms with Gasteiger partial charge in [-0.05, 0) is 43.4 Å². The van der Waals surface area contributed by atoms with Crippen LogP contribution in [-0.4, -0.2) is 6.10 Å². The van der Waals surface area contributed by atoms with E-state index in [2.05, 4.69) is 38.6 Å². The van der Waals surface area contributed by atoms with E-state index < -0.39 is 0 Å². The molecule has 0 heterocycles. The van der Waals surface area contributed by atoms with E-state index in [1.165, 1.54) is 11.1 Å². The molecule has 1 aromatic carbocycles. The van der Waals surface area contributed by atoms with Gasteiger partial charge in [0.05, 0.1) is 6.10 Å². The molecule has 0 aliphatic carbocycles. The second-order valence-corrected chi connectivity index (χ2v) is 4.68. The van der Waals surface area contributed by atoms with Gasteiger partial charge in [0.2, 0.25) is 0 Å². The van der Waals surface area contributed by atoms with E-state index in [-0.39, 0.29) is 6.10 Å². The lowest BCUT2D eigenvalue weighted by molar-refractivity contribution is 0.240. The Morgan fingerprint density at radius 2 is 1.94 bits per heavy atom. The Labute approximate surface area is 99.1 Å². The van der Waals surface area contributed by atoms with Crippen LogP contribution in [0.3, 0.4) is 0 Å². The SMILES string of the molecule is C=CCc1cc(C(C)C)ccc1OC(C)C. The largest absolute Gasteiger partial charge is 0.491 e. The van der Waals surface area contributed by atoms with E-state index in [9.17, 15) is 0 Å². The lowest BCUT2D eigenvalue weighted by atomic mass is 9.99. The van der Waals surface area contributed by atoms with Crippen LogP contribution in [0.2, 0.25) is 0 Å². The highest BCUT2D eigenvalue weighted by atomic mass is 16.5. The van der Waals surface area contributed by atoms with Crippen LogP contribution in [0.25, 0.3) is 0 Å². The molecule has 1 heteroatoms. The highest BCUT2D eigenvalue weighted by Crippen LogP contribution is 2.25. The summed E-state index contributed by atoms with van der Waals surface area (Å²) >= 11 is 0. The third kappa shape index (κ3) is 3.41. The van der Waals surface area contributed by atoms with E-state index in [1.807, 2.05) is 19.9 Å². The maximum atomic E-state index is 5.78. The van der Waals surface area contributed by atoms with Gasteiger partial charge in [-0.2, -0.15) is 0 Å². The topological polar surface area (TPSA) is 9.23 Å². The van der Waals surface area contributed by atoms with Crippen molar-refractivity contribution in [2.75, 3.05) is 0 Å². The zero-order valence-electron chi connectivity index (χ0n) is 10.8. The fourth-order valence-electron chi connectivity index (χ4n) is 1.64. The Morgan fingerprint density at radius 3 is 2.44 bits per heavy atom. The summed E-state index contributed by atoms with van der Waals surface area (Å²) in [4.78, 5) is 0. The van der Waals surface area contributed by atoms with Crippen LogP contribution in [0.5, 0.6) is 5.75 Å². The molecule has 0 fully saturated rings. The monoisotopic (exact) mass is 218 g/mol. The fraction of sp³-hybridized carbons (Fsp3) is 0.467. The molecule has 0 aliphatic heterocycles. The van der Waals surface area contributed by atoms with Gasteiger partial charge < -0.3 is 4.74 Å². The van der Waals surface area contributed by atoms with Crippen molar-refractivity contribution in [2.45, 2.75) is 46.1 Å². The molecule has 1 rings (SSSR count). The van der Waals surface area contributed by atoms with Crippen LogP contribution in [-0.2, 0) is 6.42 Å². The number of hydrogen-bond donors (Lipinski definition) is 0. The van der Waals surface area contributed by atoms with Crippen LogP contribution < -0.4 is 4.74 Å². The number of ether oxygens (including phenoxy) is 1. The van der Waals surface area contributed by atoms with Crippen LogP contribution in [0.15, 0.2) is 30.9 Å². The summed E-state index contributed by atoms with van der Waals surface area (Å²) in [7, 11) is 0. The molecule has 0 N–H and O–H groups in total. The molecule has 0 bridgehead atoms. The molecule has 1 nitrogen and oxygen atoms in total. The maximum absolute atomic E-state index is 5.78. The lowest BCUT2D eigenvalue weighted by Gasteiger charge is -2.16. The Hall–Kier alpha value is -1.24. The van der Waals surface area contributed by atoms with Crippen LogP contribution in [0.1, 0.15) is 44.7 Å². The van der Waals surface area contributed by atoms with E-state index in [4.69, 9.17) is 4.74 Å². The highest BCUT2D eigenvalue weighted by Gasteiger charge is 2.07. The van der Waals surface area contributed by atoms with Gasteiger partial charge in [0, 0.05) is 0 Å². The summed E-state index contributed by atoms with van der Waals surface area (Å²) in [5.41, 5.74) is 2.59. The van der Waals surface area contributed by atoms with E-state index >= 15 is 0 Å². The summed E-state index contributed by atoms with van der Waals surface area (Å²) in [6.07, 6.45) is 3.00. The summed E-state index contributed by atoms with van der Waals surface area (Å²) in [6.45, 7) is 12.3. The van der Waals surface area contributed by atoms with E-state index in [1.54, 1.807) is 0 Å². The summed E-state index contributed by atoms with van der Waals surface area (Å²) in [5, 5.41) is 0. The van der Waals surface area contributed by atoms with Crippen molar-refractivity contribution in [1.82, 2.24) is 0 Å². The van der Waals surface area contributed by atoms with Crippen molar-refractivity contribution in [3.63, 3.8) is 0 Å². The van der Waals surface area contributed by atoms with Crippen molar-refractivity contribution in [3.05, 3.63) is 42.0 Å². The first kappa shape index (κ1) is 12.8. The molecular weight excluding hydrogens is 196 g/mol. The predicted octanol–water partition coefficient (Wildman–Crippen LogP) is 4.33. The average Bonchev–Trinajstić information content (AvgIpc) is 2.20. The normalized spacial score (nSPS) is 10.9. The molecular formula is C15H22O. The van der Waals surface area contributed by atoms with Gasteiger partial charge in [-0.25, -0.2) is 0 Å². The number of hydrogen-bond acceptors (Lipinski definition) is 1. The van der Waals surface area contributed by atoms with E-state index in [0.29, 0.717) is 5.92 Å². The van der Waals surface area contributed by atoms with Gasteiger partial charge in [0.15, 0.2) is 0 Å². The highest BCUT2D eigenvalue weighted by molar-refractivity contribution is 5.39. The first-order chi connectivity index (χ1) is 7.54. The predicted molar refractivity (Wildman–Crippen MR) is 70.2 cm³/mol. The summed E-state index contributed by atoms with van der Waals surface area (Å²) < 4.78 is 5.78. The first-order valence-corrected chi connectivity index (χ1v) is 5.95. The summed E-state index contributed by atoms with van der Waals surface area (Å²) in [5.74, 6) is 1.54. The molecule has 0 unspecified atom stereocenters. The minimum Gasteiger partial charge on any atom is -0.491 e. The van der Waals surface area contributed by atoms with Gasteiger partial charge >= 0.3 is 0 Å². The number of benzene rings is 1. The molecule has 1 aromatic rings. The Morgan fingerprint density at radius 1 is 1.25 bits per heavy atom. The first-order valence-electron chi connectivity index (χ1n) is 5.95. The third-order valence-corrected chi connectivity index (χ3v) is 2.48. The van der Waals surface area contributed by atoms with Gasteiger partial charge in [0.25, 0.3) is 0 Å². The fourth-order valence-corrected chi connectivity index (χ4v) is 1.64. The molecule has 0 radical (unpaired) electrons. The molecule has 0 spiro atoms. The van der Waals surface area contributed by atoms with Gasteiger partial charge in [0.1, 0.15) is 5.75 Å². The zero-order valence-corrected chi connectivity index (χ0v) is 10.8. The maximum Gasteiger partial charge on any atom is 0.123 e. The van der Waals surface area contributed by atoms with Crippen LogP contribution in [0.4, 0.5) is 0 Å². The summed E-state index contributed by atoms with van der Waals surface area (Å²) in [6, 6.07) is 6.45. The Balaban J connectivity index is 3.03. The molecule has 16 heavy (non-hydrogen) atoms. The standard InChI is InChI=1S/C15H22O/c1-6-7-14-10-13(11(2)3)8-9-15(14)16-12(4)5/h6,8-12H,1,7H2,2-5H3. The molecule has 88 valence electrons. The quantitative estimate of drug-likeness (QED) is 0.668. The molecule has 0 aromatic heterocycles. The van der Waals surface area contributed by atoms with Crippen molar-refractivity contribution >= 4 is 0 Å². The number of rotatable bonds is 5. The van der Waals surface area contributed by atoms with Crippen LogP contribution >= 0.6 is 0 Å². The molecule has 0 atom stereocenters. The Bertz CT molecular complexity index is 350. The van der Waals surface area contributed by atoms with Gasteiger partial charge in [-0.3, -0.25) is 0 Å². The Kier molecular flexibility index (Phi) is 4.60. The minimum absolute atomic E-state index is 0.216. The van der Waals surface area contributed by atoms with Crippen molar-refractivity contribution in [3.8, 4) is 5.75 Å². The second-order valence-electron chi connectivity index (χ2n) is 4.68. The second kappa shape index (κ2) is 5.74. The zero-order chi connectivity index (χ0) is 12.1. The van der Waals surface area contributed by atoms with Gasteiger partial charge in [-0.1, -0.05) is 32.1 Å². The van der Waals surface area contributed by atoms with Crippen molar-refractivity contribution in [1.29, 1.82) is 0 Å². The van der Waals surface area contributed by atoms with Crippen molar-refractivity contribution in [2.24, 2.45) is 0 Å². The average molecular weight is 218 g/mol. The molecule has 0 saturated carbocycles.